The van der Waals surface area contributed by atoms with E-state index in [0.717, 1.165) is 160 Å². The molecular formula is C46H79NO6. The minimum absolute atomic E-state index is 0.0227. The van der Waals surface area contributed by atoms with Crippen LogP contribution in [0.3, 0.4) is 0 Å². The molecule has 7 heteroatoms. The Morgan fingerprint density at radius 3 is 1.68 bits per heavy atom. The van der Waals surface area contributed by atoms with Gasteiger partial charge in [-0.05, 0) is 95.6 Å². The first-order valence-corrected chi connectivity index (χ1v) is 21.8. The van der Waals surface area contributed by atoms with E-state index in [1.54, 1.807) is 0 Å². The van der Waals surface area contributed by atoms with E-state index in [1.807, 2.05) is 0 Å². The molecule has 0 saturated carbocycles. The second-order valence-electron chi connectivity index (χ2n) is 15.7. The fourth-order valence-electron chi connectivity index (χ4n) is 7.21. The summed E-state index contributed by atoms with van der Waals surface area (Å²) >= 11 is 0. The molecule has 1 heterocycles. The maximum atomic E-state index is 13.2. The zero-order valence-electron chi connectivity index (χ0n) is 34.9. The minimum Gasteiger partial charge on any atom is -0.466 e. The van der Waals surface area contributed by atoms with Crippen molar-refractivity contribution in [3.8, 4) is 0 Å². The van der Waals surface area contributed by atoms with E-state index in [4.69, 9.17) is 14.2 Å². The van der Waals surface area contributed by atoms with Crippen LogP contribution in [0.25, 0.3) is 0 Å². The summed E-state index contributed by atoms with van der Waals surface area (Å²) in [5, 5.41) is 0. The molecule has 2 atom stereocenters. The number of esters is 3. The molecule has 1 aliphatic heterocycles. The van der Waals surface area contributed by atoms with E-state index < -0.39 is 0 Å². The number of carbonyl (C=O) groups is 3. The fourth-order valence-corrected chi connectivity index (χ4v) is 7.21. The van der Waals surface area contributed by atoms with Crippen molar-refractivity contribution in [2.45, 2.75) is 194 Å². The zero-order valence-corrected chi connectivity index (χ0v) is 34.9. The highest BCUT2D eigenvalue weighted by molar-refractivity contribution is 5.72. The van der Waals surface area contributed by atoms with Gasteiger partial charge in [-0.1, -0.05) is 128 Å². The number of nitrogens with zero attached hydrogens (tertiary/aromatic N) is 1. The lowest BCUT2D eigenvalue weighted by atomic mass is 9.79. The van der Waals surface area contributed by atoms with Crippen LogP contribution >= 0.6 is 0 Å². The van der Waals surface area contributed by atoms with Crippen LogP contribution in [0.4, 0.5) is 0 Å². The van der Waals surface area contributed by atoms with Crippen LogP contribution in [0.15, 0.2) is 29.3 Å². The Bertz CT molecular complexity index is 1050. The van der Waals surface area contributed by atoms with Gasteiger partial charge in [-0.25, -0.2) is 0 Å². The Hall–Kier alpha value is -2.55. The average Bonchev–Trinajstić information content (AvgIpc) is 3.13. The molecule has 0 aromatic carbocycles. The molecule has 0 aromatic heterocycles. The van der Waals surface area contributed by atoms with Crippen LogP contribution in [-0.4, -0.2) is 62.3 Å². The summed E-state index contributed by atoms with van der Waals surface area (Å²) in [4.78, 5) is 41.8. The topological polar surface area (TPSA) is 82.1 Å². The van der Waals surface area contributed by atoms with Gasteiger partial charge in [0.2, 0.25) is 0 Å². The van der Waals surface area contributed by atoms with Gasteiger partial charge >= 0.3 is 17.9 Å². The highest BCUT2D eigenvalue weighted by Gasteiger charge is 2.28. The number of allylic oxidation sites excluding steroid dienone is 1. The molecule has 304 valence electrons. The molecule has 1 saturated heterocycles. The van der Waals surface area contributed by atoms with Crippen LogP contribution in [-0.2, 0) is 28.6 Å². The van der Waals surface area contributed by atoms with Gasteiger partial charge < -0.3 is 19.1 Å². The van der Waals surface area contributed by atoms with Gasteiger partial charge in [-0.3, -0.25) is 14.4 Å². The van der Waals surface area contributed by atoms with E-state index in [9.17, 15) is 14.4 Å². The lowest BCUT2D eigenvalue weighted by Crippen LogP contribution is -2.28. The van der Waals surface area contributed by atoms with Crippen molar-refractivity contribution in [1.29, 1.82) is 0 Å². The monoisotopic (exact) mass is 742 g/mol. The number of hydrogen-bond acceptors (Lipinski definition) is 7. The molecule has 0 aliphatic carbocycles. The minimum atomic E-state index is -0.186. The third kappa shape index (κ3) is 25.2. The maximum absolute atomic E-state index is 13.2. The van der Waals surface area contributed by atoms with Gasteiger partial charge in [0.05, 0.1) is 38.6 Å². The zero-order chi connectivity index (χ0) is 38.9. The van der Waals surface area contributed by atoms with Crippen molar-refractivity contribution in [1.82, 2.24) is 4.90 Å². The van der Waals surface area contributed by atoms with E-state index in [2.05, 4.69) is 63.4 Å². The third-order valence-corrected chi connectivity index (χ3v) is 10.8. The van der Waals surface area contributed by atoms with E-state index in [-0.39, 0.29) is 48.5 Å². The molecule has 1 aliphatic rings. The van der Waals surface area contributed by atoms with Crippen LogP contribution < -0.4 is 0 Å². The summed E-state index contributed by atoms with van der Waals surface area (Å²) in [5.74, 6) is -0.555. The Labute approximate surface area is 325 Å². The van der Waals surface area contributed by atoms with Crippen molar-refractivity contribution < 1.29 is 28.6 Å². The number of hydrogen-bond donors (Lipinski definition) is 0. The summed E-state index contributed by atoms with van der Waals surface area (Å²) in [5.41, 5.74) is 9.94. The molecule has 1 fully saturated rings. The molecule has 2 unspecified atom stereocenters. The van der Waals surface area contributed by atoms with Crippen LogP contribution in [0.5, 0.6) is 0 Å². The van der Waals surface area contributed by atoms with Gasteiger partial charge in [0.25, 0.3) is 0 Å². The fraction of sp³-hybridized carbons (Fsp3) is 0.826. The van der Waals surface area contributed by atoms with Crippen LogP contribution in [0.2, 0.25) is 0 Å². The average molecular weight is 742 g/mol. The highest BCUT2D eigenvalue weighted by atomic mass is 16.5. The summed E-state index contributed by atoms with van der Waals surface area (Å²) < 4.78 is 17.3. The van der Waals surface area contributed by atoms with Crippen molar-refractivity contribution in [2.24, 2.45) is 17.8 Å². The number of ether oxygens (including phenoxy) is 3. The molecule has 0 spiro atoms. The normalized spacial score (nSPS) is 21.6. The molecular weight excluding hydrogens is 663 g/mol. The van der Waals surface area contributed by atoms with Gasteiger partial charge in [0.1, 0.15) is 0 Å². The van der Waals surface area contributed by atoms with Crippen LogP contribution in [0.1, 0.15) is 188 Å². The lowest BCUT2D eigenvalue weighted by molar-refractivity contribution is -0.149. The van der Waals surface area contributed by atoms with Crippen molar-refractivity contribution in [3.63, 3.8) is 0 Å². The van der Waals surface area contributed by atoms with Crippen LogP contribution in [0, 0.1) is 17.8 Å². The Balaban J connectivity index is 2.95. The molecule has 1 rings (SSSR count). The van der Waals surface area contributed by atoms with E-state index in [0.29, 0.717) is 25.9 Å². The molecule has 53 heavy (non-hydrogen) atoms. The third-order valence-electron chi connectivity index (χ3n) is 10.8. The second kappa shape index (κ2) is 32.8. The predicted molar refractivity (Wildman–Crippen MR) is 218 cm³/mol. The lowest BCUT2D eigenvalue weighted by Gasteiger charge is -2.25. The SMILES string of the molecule is C=C=C=C=C1C(CCCCC)CC(=O)OCCCCCCCCC(C(=O)OCCCN(C)C(C)C)CCCCCCCCOC(=O)CC1CCCCC. The summed E-state index contributed by atoms with van der Waals surface area (Å²) in [6.07, 6.45) is 23.7. The molecule has 0 radical (unpaired) electrons. The smallest absolute Gasteiger partial charge is 0.308 e. The number of rotatable bonds is 14. The van der Waals surface area contributed by atoms with Gasteiger partial charge in [0, 0.05) is 12.6 Å². The Morgan fingerprint density at radius 2 is 1.23 bits per heavy atom. The van der Waals surface area contributed by atoms with Gasteiger partial charge in [-0.2, -0.15) is 0 Å². The molecule has 0 N–H and O–H groups in total. The van der Waals surface area contributed by atoms with E-state index >= 15 is 0 Å². The Morgan fingerprint density at radius 1 is 0.755 bits per heavy atom. The van der Waals surface area contributed by atoms with Crippen molar-refractivity contribution >= 4 is 17.9 Å². The number of carbonyl (C=O) groups excluding carboxylic acids is 3. The van der Waals surface area contributed by atoms with Crippen molar-refractivity contribution in [2.75, 3.05) is 33.4 Å². The quantitative estimate of drug-likeness (QED) is 0.0758. The number of unbranched alkanes of at least 4 members (excludes halogenated alkanes) is 4. The summed E-state index contributed by atoms with van der Waals surface area (Å²) in [6.45, 7) is 14.7. The molecule has 0 aromatic rings. The van der Waals surface area contributed by atoms with Gasteiger partial charge in [0.15, 0.2) is 0 Å². The summed E-state index contributed by atoms with van der Waals surface area (Å²) in [6, 6.07) is 0.485. The molecule has 7 nitrogen and oxygen atoms in total. The summed E-state index contributed by atoms with van der Waals surface area (Å²) in [7, 11) is 2.11. The first-order valence-electron chi connectivity index (χ1n) is 21.8. The number of cyclic esters (lactones) is 2. The maximum Gasteiger partial charge on any atom is 0.308 e. The first-order chi connectivity index (χ1) is 25.7. The molecule has 0 bridgehead atoms. The first kappa shape index (κ1) is 48.5. The van der Waals surface area contributed by atoms with Crippen molar-refractivity contribution in [3.05, 3.63) is 29.3 Å². The second-order valence-corrected chi connectivity index (χ2v) is 15.7. The Kier molecular flexibility index (Phi) is 30.0. The standard InChI is InChI=1S/C46H79NO6/c1-7-10-21-30-41-37-44(48)51-34-25-19-15-13-17-23-28-40(46(50)53-36-27-33-47(6)39(4)5)29-24-18-14-16-20-26-35-52-45(49)38-42(31-22-11-8-2)43(41)32-12-9-3/h39-42H,3,7-8,10-11,13-31,33-38H2,1-2,4-6H3. The highest BCUT2D eigenvalue weighted by Crippen LogP contribution is 2.33. The van der Waals surface area contributed by atoms with E-state index in [1.165, 1.54) is 0 Å². The predicted octanol–water partition coefficient (Wildman–Crippen LogP) is 11.6. The largest absolute Gasteiger partial charge is 0.466 e. The molecule has 0 amide bonds. The van der Waals surface area contributed by atoms with Gasteiger partial charge in [-0.15, -0.1) is 0 Å².